The Balaban J connectivity index is 2.06. The summed E-state index contributed by atoms with van der Waals surface area (Å²) in [6.07, 6.45) is 9.52. The molecule has 0 amide bonds. The van der Waals surface area contributed by atoms with E-state index in [1.165, 1.54) is 0 Å². The Kier molecular flexibility index (Phi) is 0.787. The minimum atomic E-state index is -0.170. The van der Waals surface area contributed by atoms with Crippen LogP contribution in [0.25, 0.3) is 0 Å². The molecule has 2 atom stereocenters. The predicted octanol–water partition coefficient (Wildman–Crippen LogP) is 0.775. The van der Waals surface area contributed by atoms with E-state index < -0.39 is 0 Å². The van der Waals surface area contributed by atoms with Gasteiger partial charge in [0.05, 0.1) is 6.10 Å². The van der Waals surface area contributed by atoms with Gasteiger partial charge in [0, 0.05) is 12.8 Å². The molecular formula is C9H10O2. The van der Waals surface area contributed by atoms with Gasteiger partial charge < -0.3 is 9.84 Å². The van der Waals surface area contributed by atoms with Crippen LogP contribution in [0.1, 0.15) is 12.8 Å². The Morgan fingerprint density at radius 1 is 1.18 bits per heavy atom. The van der Waals surface area contributed by atoms with Crippen molar-refractivity contribution in [1.29, 1.82) is 0 Å². The van der Waals surface area contributed by atoms with E-state index in [9.17, 15) is 5.11 Å². The molecule has 2 unspecified atom stereocenters. The quantitative estimate of drug-likeness (QED) is 0.517. The van der Waals surface area contributed by atoms with Crippen molar-refractivity contribution in [3.63, 3.8) is 0 Å². The fourth-order valence-electron chi connectivity index (χ4n) is 2.41. The van der Waals surface area contributed by atoms with E-state index >= 15 is 0 Å². The van der Waals surface area contributed by atoms with Crippen molar-refractivity contribution in [3.05, 3.63) is 24.3 Å². The van der Waals surface area contributed by atoms with E-state index in [0.29, 0.717) is 0 Å². The maximum Gasteiger partial charge on any atom is 0.123 e. The molecule has 2 aliphatic carbocycles. The van der Waals surface area contributed by atoms with Crippen LogP contribution < -0.4 is 0 Å². The number of allylic oxidation sites excluding steroid dienone is 2. The topological polar surface area (TPSA) is 32.8 Å². The highest BCUT2D eigenvalue weighted by atomic mass is 16.6. The van der Waals surface area contributed by atoms with Crippen LogP contribution >= 0.6 is 0 Å². The number of rotatable bonds is 0. The summed E-state index contributed by atoms with van der Waals surface area (Å²) in [6, 6.07) is 0. The number of hydrogen-bond donors (Lipinski definition) is 1. The zero-order valence-electron chi connectivity index (χ0n) is 6.16. The Morgan fingerprint density at radius 3 is 2.27 bits per heavy atom. The molecule has 0 aromatic rings. The summed E-state index contributed by atoms with van der Waals surface area (Å²) in [7, 11) is 0. The number of ether oxygens (including phenoxy) is 1. The van der Waals surface area contributed by atoms with Gasteiger partial charge in [0.1, 0.15) is 11.2 Å². The molecule has 2 nitrogen and oxygen atoms in total. The lowest BCUT2D eigenvalue weighted by Crippen LogP contribution is -2.16. The van der Waals surface area contributed by atoms with Crippen LogP contribution in [0.15, 0.2) is 24.3 Å². The number of epoxide rings is 1. The average molecular weight is 150 g/mol. The zero-order chi connectivity index (χ0) is 7.53. The number of aliphatic hydroxyl groups is 1. The third kappa shape index (κ3) is 0.522. The van der Waals surface area contributed by atoms with Crippen LogP contribution in [0.2, 0.25) is 0 Å². The Morgan fingerprint density at radius 2 is 1.73 bits per heavy atom. The molecule has 2 heteroatoms. The Labute approximate surface area is 65.2 Å². The molecule has 58 valence electrons. The van der Waals surface area contributed by atoms with Crippen molar-refractivity contribution < 1.29 is 9.84 Å². The molecule has 3 aliphatic rings. The van der Waals surface area contributed by atoms with E-state index in [1.807, 2.05) is 12.2 Å². The number of aliphatic hydroxyl groups excluding tert-OH is 1. The van der Waals surface area contributed by atoms with Crippen molar-refractivity contribution in [1.82, 2.24) is 0 Å². The average Bonchev–Trinajstić information content (AvgIpc) is 2.47. The highest BCUT2D eigenvalue weighted by Gasteiger charge is 2.72. The molecule has 3 rings (SSSR count). The zero-order valence-corrected chi connectivity index (χ0v) is 6.16. The van der Waals surface area contributed by atoms with Crippen molar-refractivity contribution in [2.45, 2.75) is 30.1 Å². The van der Waals surface area contributed by atoms with Gasteiger partial charge in [-0.1, -0.05) is 12.2 Å². The van der Waals surface area contributed by atoms with Gasteiger partial charge in [-0.15, -0.1) is 0 Å². The maximum absolute atomic E-state index is 9.40. The number of hydrogen-bond acceptors (Lipinski definition) is 2. The fourth-order valence-corrected chi connectivity index (χ4v) is 2.41. The summed E-state index contributed by atoms with van der Waals surface area (Å²) in [5.41, 5.74) is -0.220. The summed E-state index contributed by atoms with van der Waals surface area (Å²) < 4.78 is 5.63. The lowest BCUT2D eigenvalue weighted by atomic mass is 9.92. The van der Waals surface area contributed by atoms with Crippen molar-refractivity contribution in [2.24, 2.45) is 0 Å². The van der Waals surface area contributed by atoms with Gasteiger partial charge in [0.15, 0.2) is 0 Å². The Hall–Kier alpha value is -0.600. The molecule has 0 aromatic carbocycles. The van der Waals surface area contributed by atoms with Crippen LogP contribution in [0.3, 0.4) is 0 Å². The molecule has 1 saturated carbocycles. The molecule has 1 heterocycles. The highest BCUT2D eigenvalue weighted by Crippen LogP contribution is 2.62. The van der Waals surface area contributed by atoms with Crippen LogP contribution in [-0.4, -0.2) is 22.4 Å². The van der Waals surface area contributed by atoms with Gasteiger partial charge in [0.25, 0.3) is 0 Å². The monoisotopic (exact) mass is 150 g/mol. The second-order valence-electron chi connectivity index (χ2n) is 3.66. The standard InChI is InChI=1S/C9H10O2/c10-7-5-8-3-1-2-4-9(8,6-7)11-8/h1-4,7,10H,5-6H2. The predicted molar refractivity (Wildman–Crippen MR) is 40.1 cm³/mol. The van der Waals surface area contributed by atoms with E-state index in [1.54, 1.807) is 0 Å². The summed E-state index contributed by atoms with van der Waals surface area (Å²) in [6.45, 7) is 0. The summed E-state index contributed by atoms with van der Waals surface area (Å²) in [4.78, 5) is 0. The highest BCUT2D eigenvalue weighted by molar-refractivity contribution is 5.42. The van der Waals surface area contributed by atoms with Crippen LogP contribution in [0, 0.1) is 0 Å². The minimum Gasteiger partial charge on any atom is -0.393 e. The first-order valence-electron chi connectivity index (χ1n) is 4.02. The smallest absolute Gasteiger partial charge is 0.123 e. The van der Waals surface area contributed by atoms with Crippen molar-refractivity contribution >= 4 is 0 Å². The molecule has 0 spiro atoms. The molecule has 1 saturated heterocycles. The molecule has 1 aliphatic heterocycles. The molecule has 1 N–H and O–H groups in total. The molecular weight excluding hydrogens is 140 g/mol. The van der Waals surface area contributed by atoms with Gasteiger partial charge in [0.2, 0.25) is 0 Å². The summed E-state index contributed by atoms with van der Waals surface area (Å²) >= 11 is 0. The van der Waals surface area contributed by atoms with Gasteiger partial charge in [-0.25, -0.2) is 0 Å². The molecule has 0 bridgehead atoms. The first kappa shape index (κ1) is 5.98. The SMILES string of the molecule is OC1CC23C=CC=CC2(C1)O3. The third-order valence-corrected chi connectivity index (χ3v) is 2.96. The van der Waals surface area contributed by atoms with Crippen molar-refractivity contribution in [2.75, 3.05) is 0 Å². The summed E-state index contributed by atoms with van der Waals surface area (Å²) in [5.74, 6) is 0. The lowest BCUT2D eigenvalue weighted by Gasteiger charge is -2.04. The second kappa shape index (κ2) is 1.45. The Bertz CT molecular complexity index is 243. The molecule has 0 aromatic heterocycles. The molecule has 2 fully saturated rings. The van der Waals surface area contributed by atoms with Crippen LogP contribution in [0.5, 0.6) is 0 Å². The largest absolute Gasteiger partial charge is 0.393 e. The molecule has 11 heavy (non-hydrogen) atoms. The van der Waals surface area contributed by atoms with Crippen LogP contribution in [0.4, 0.5) is 0 Å². The van der Waals surface area contributed by atoms with E-state index in [-0.39, 0.29) is 17.3 Å². The van der Waals surface area contributed by atoms with E-state index in [0.717, 1.165) is 12.8 Å². The van der Waals surface area contributed by atoms with Crippen molar-refractivity contribution in [3.8, 4) is 0 Å². The second-order valence-corrected chi connectivity index (χ2v) is 3.66. The summed E-state index contributed by atoms with van der Waals surface area (Å²) in [5, 5.41) is 9.40. The molecule has 0 radical (unpaired) electrons. The minimum absolute atomic E-state index is 0.110. The normalized spacial score (nSPS) is 57.4. The first-order valence-corrected chi connectivity index (χ1v) is 4.02. The van der Waals surface area contributed by atoms with Crippen LogP contribution in [-0.2, 0) is 4.74 Å². The fraction of sp³-hybridized carbons (Fsp3) is 0.556. The maximum atomic E-state index is 9.40. The van der Waals surface area contributed by atoms with Gasteiger partial charge in [-0.05, 0) is 12.2 Å². The van der Waals surface area contributed by atoms with E-state index in [2.05, 4.69) is 12.2 Å². The van der Waals surface area contributed by atoms with Gasteiger partial charge in [-0.3, -0.25) is 0 Å². The van der Waals surface area contributed by atoms with Gasteiger partial charge >= 0.3 is 0 Å². The lowest BCUT2D eigenvalue weighted by molar-refractivity contribution is 0.106. The van der Waals surface area contributed by atoms with E-state index in [4.69, 9.17) is 4.74 Å². The first-order chi connectivity index (χ1) is 5.27. The third-order valence-electron chi connectivity index (χ3n) is 2.96. The van der Waals surface area contributed by atoms with Gasteiger partial charge in [-0.2, -0.15) is 0 Å².